The van der Waals surface area contributed by atoms with E-state index in [0.29, 0.717) is 26.2 Å². The average Bonchev–Trinajstić information content (AvgIpc) is 2.76. The van der Waals surface area contributed by atoms with E-state index in [2.05, 4.69) is 20.6 Å². The highest BCUT2D eigenvalue weighted by Gasteiger charge is 2.51. The fraction of sp³-hybridized carbons (Fsp3) is 0.667. The van der Waals surface area contributed by atoms with Gasteiger partial charge in [-0.25, -0.2) is 10.4 Å². The van der Waals surface area contributed by atoms with Crippen LogP contribution in [-0.4, -0.2) is 85.9 Å². The summed E-state index contributed by atoms with van der Waals surface area (Å²) in [4.78, 5) is 32.5. The number of rotatable bonds is 8. The molecular formula is C21H31F3N6O3. The van der Waals surface area contributed by atoms with Gasteiger partial charge in [0, 0.05) is 51.0 Å². The Morgan fingerprint density at radius 1 is 1.33 bits per heavy atom. The number of nitrogens with zero attached hydrogens (tertiary/aromatic N) is 3. The number of ether oxygens (including phenoxy) is 1. The van der Waals surface area contributed by atoms with E-state index in [4.69, 9.17) is 4.74 Å². The monoisotopic (exact) mass is 472 g/mol. The molecule has 2 aliphatic heterocycles. The maximum absolute atomic E-state index is 13.2. The van der Waals surface area contributed by atoms with Crippen molar-refractivity contribution in [2.45, 2.75) is 38.5 Å². The first-order valence-corrected chi connectivity index (χ1v) is 11.0. The number of halogens is 3. The molecule has 2 aliphatic rings. The normalized spacial score (nSPS) is 22.8. The van der Waals surface area contributed by atoms with Crippen molar-refractivity contribution in [3.05, 3.63) is 23.9 Å². The van der Waals surface area contributed by atoms with Gasteiger partial charge in [0.1, 0.15) is 5.82 Å². The van der Waals surface area contributed by atoms with Crippen LogP contribution in [0.15, 0.2) is 18.3 Å². The molecular weight excluding hydrogens is 441 g/mol. The number of alkyl halides is 3. The second-order valence-corrected chi connectivity index (χ2v) is 8.40. The maximum Gasteiger partial charge on any atom is 0.402 e. The van der Waals surface area contributed by atoms with E-state index in [9.17, 15) is 22.8 Å². The number of hydrogen-bond acceptors (Lipinski definition) is 7. The summed E-state index contributed by atoms with van der Waals surface area (Å²) in [6.45, 7) is 6.55. The van der Waals surface area contributed by atoms with Crippen molar-refractivity contribution in [2.75, 3.05) is 50.8 Å². The highest BCUT2D eigenvalue weighted by molar-refractivity contribution is 5.80. The summed E-state index contributed by atoms with van der Waals surface area (Å²) < 4.78 is 45.1. The van der Waals surface area contributed by atoms with E-state index in [1.165, 1.54) is 0 Å². The van der Waals surface area contributed by atoms with Crippen LogP contribution in [0.3, 0.4) is 0 Å². The van der Waals surface area contributed by atoms with Crippen molar-refractivity contribution < 1.29 is 27.5 Å². The zero-order chi connectivity index (χ0) is 24.0. The van der Waals surface area contributed by atoms with Crippen LogP contribution >= 0.6 is 0 Å². The Labute approximate surface area is 191 Å². The van der Waals surface area contributed by atoms with Gasteiger partial charge in [0.2, 0.25) is 11.8 Å². The Hall–Kier alpha value is -2.44. The fourth-order valence-electron chi connectivity index (χ4n) is 4.13. The van der Waals surface area contributed by atoms with Crippen LogP contribution in [-0.2, 0) is 14.3 Å². The van der Waals surface area contributed by atoms with Crippen molar-refractivity contribution in [1.82, 2.24) is 26.1 Å². The molecule has 0 aliphatic carbocycles. The number of aromatic nitrogens is 1. The molecule has 184 valence electrons. The number of hydrazine groups is 1. The topological polar surface area (TPSA) is 98.8 Å². The summed E-state index contributed by atoms with van der Waals surface area (Å²) in [6.07, 6.45) is -2.68. The highest BCUT2D eigenvalue weighted by atomic mass is 19.4. The van der Waals surface area contributed by atoms with Crippen LogP contribution in [0, 0.1) is 12.8 Å². The number of aryl methyl sites for hydroxylation is 1. The largest absolute Gasteiger partial charge is 0.402 e. The predicted molar refractivity (Wildman–Crippen MR) is 115 cm³/mol. The average molecular weight is 473 g/mol. The van der Waals surface area contributed by atoms with Gasteiger partial charge < -0.3 is 19.9 Å². The lowest BCUT2D eigenvalue weighted by Gasteiger charge is -2.36. The standard InChI is InChI=1S/C21H31F3N6O3/c1-14-4-3-6-25-19(14)30-9-7-29(8-10-30)17(31)5-11-33-13-15(2)27-16-12-26-28-20(32)18(16)21(22,23)24/h3-4,6,15-16,18,26-27H,5,7-13H2,1-2H3,(H,28,32)/t15-,16?,18?/m0/s1. The number of anilines is 1. The van der Waals surface area contributed by atoms with Crippen molar-refractivity contribution in [3.63, 3.8) is 0 Å². The van der Waals surface area contributed by atoms with Crippen LogP contribution in [0.4, 0.5) is 19.0 Å². The summed E-state index contributed by atoms with van der Waals surface area (Å²) >= 11 is 0. The number of hydrogen-bond donors (Lipinski definition) is 3. The molecule has 3 atom stereocenters. The first-order chi connectivity index (χ1) is 15.7. The smallest absolute Gasteiger partial charge is 0.379 e. The second-order valence-electron chi connectivity index (χ2n) is 8.40. The van der Waals surface area contributed by atoms with Crippen LogP contribution < -0.4 is 21.1 Å². The van der Waals surface area contributed by atoms with E-state index < -0.39 is 30.1 Å². The summed E-state index contributed by atoms with van der Waals surface area (Å²) in [5.41, 5.74) is 5.59. The molecule has 1 aromatic heterocycles. The van der Waals surface area contributed by atoms with Gasteiger partial charge in [-0.1, -0.05) is 6.07 Å². The first kappa shape index (κ1) is 25.2. The molecule has 0 radical (unpaired) electrons. The third-order valence-corrected chi connectivity index (χ3v) is 5.81. The Bertz CT molecular complexity index is 817. The Morgan fingerprint density at radius 3 is 2.73 bits per heavy atom. The van der Waals surface area contributed by atoms with Crippen LogP contribution in [0.1, 0.15) is 18.9 Å². The quantitative estimate of drug-likeness (QED) is 0.477. The van der Waals surface area contributed by atoms with E-state index in [-0.39, 0.29) is 32.1 Å². The maximum atomic E-state index is 13.2. The van der Waals surface area contributed by atoms with E-state index in [0.717, 1.165) is 11.4 Å². The minimum Gasteiger partial charge on any atom is -0.379 e. The number of piperazine rings is 1. The number of carbonyl (C=O) groups is 2. The Balaban J connectivity index is 1.35. The fourth-order valence-corrected chi connectivity index (χ4v) is 4.13. The summed E-state index contributed by atoms with van der Waals surface area (Å²) in [6, 6.07) is 2.38. The summed E-state index contributed by atoms with van der Waals surface area (Å²) in [7, 11) is 0. The van der Waals surface area contributed by atoms with Gasteiger partial charge in [-0.2, -0.15) is 13.2 Å². The molecule has 2 unspecified atom stereocenters. The van der Waals surface area contributed by atoms with Gasteiger partial charge in [-0.05, 0) is 25.5 Å². The minimum absolute atomic E-state index is 0.0155. The van der Waals surface area contributed by atoms with E-state index >= 15 is 0 Å². The van der Waals surface area contributed by atoms with Gasteiger partial charge in [0.05, 0.1) is 19.6 Å². The van der Waals surface area contributed by atoms with Crippen molar-refractivity contribution in [2.24, 2.45) is 5.92 Å². The van der Waals surface area contributed by atoms with Crippen LogP contribution in [0.5, 0.6) is 0 Å². The molecule has 3 rings (SSSR count). The van der Waals surface area contributed by atoms with Gasteiger partial charge in [0.15, 0.2) is 5.92 Å². The molecule has 1 aromatic rings. The number of nitrogens with one attached hydrogen (secondary N) is 3. The molecule has 0 saturated carbocycles. The number of carbonyl (C=O) groups excluding carboxylic acids is 2. The zero-order valence-electron chi connectivity index (χ0n) is 18.8. The van der Waals surface area contributed by atoms with E-state index in [1.54, 1.807) is 18.0 Å². The lowest BCUT2D eigenvalue weighted by Crippen LogP contribution is -2.64. The molecule has 0 spiro atoms. The minimum atomic E-state index is -4.64. The van der Waals surface area contributed by atoms with Crippen LogP contribution in [0.2, 0.25) is 0 Å². The molecule has 9 nitrogen and oxygen atoms in total. The van der Waals surface area contributed by atoms with Gasteiger partial charge >= 0.3 is 6.18 Å². The van der Waals surface area contributed by atoms with E-state index in [1.807, 2.05) is 24.5 Å². The van der Waals surface area contributed by atoms with Crippen molar-refractivity contribution in [1.29, 1.82) is 0 Å². The molecule has 0 bridgehead atoms. The van der Waals surface area contributed by atoms with Gasteiger partial charge in [-0.15, -0.1) is 0 Å². The lowest BCUT2D eigenvalue weighted by molar-refractivity contribution is -0.193. The Morgan fingerprint density at radius 2 is 2.06 bits per heavy atom. The predicted octanol–water partition coefficient (Wildman–Crippen LogP) is 0.605. The molecule has 2 fully saturated rings. The third-order valence-electron chi connectivity index (χ3n) is 5.81. The SMILES string of the molecule is Cc1cccnc1N1CCN(C(=O)CCOC[C@H](C)NC2CNNC(=O)C2C(F)(F)F)CC1. The van der Waals surface area contributed by atoms with Crippen molar-refractivity contribution in [3.8, 4) is 0 Å². The molecule has 33 heavy (non-hydrogen) atoms. The van der Waals surface area contributed by atoms with Crippen molar-refractivity contribution >= 4 is 17.6 Å². The molecule has 3 N–H and O–H groups in total. The molecule has 2 amide bonds. The first-order valence-electron chi connectivity index (χ1n) is 11.0. The number of pyridine rings is 1. The molecule has 0 aromatic carbocycles. The zero-order valence-corrected chi connectivity index (χ0v) is 18.8. The molecule has 3 heterocycles. The molecule has 2 saturated heterocycles. The second kappa shape index (κ2) is 11.1. The number of amides is 2. The highest BCUT2D eigenvalue weighted by Crippen LogP contribution is 2.30. The van der Waals surface area contributed by atoms with Crippen LogP contribution in [0.25, 0.3) is 0 Å². The lowest BCUT2D eigenvalue weighted by atomic mass is 9.96. The molecule has 12 heteroatoms. The summed E-state index contributed by atoms with van der Waals surface area (Å²) in [5, 5.41) is 2.81. The Kier molecular flexibility index (Phi) is 8.49. The van der Waals surface area contributed by atoms with Gasteiger partial charge in [0.25, 0.3) is 0 Å². The van der Waals surface area contributed by atoms with Gasteiger partial charge in [-0.3, -0.25) is 15.0 Å². The third kappa shape index (κ3) is 6.78. The summed E-state index contributed by atoms with van der Waals surface area (Å²) in [5.74, 6) is -2.31.